The van der Waals surface area contributed by atoms with Gasteiger partial charge in [0.1, 0.15) is 5.82 Å². The van der Waals surface area contributed by atoms with E-state index >= 15 is 0 Å². The SMILES string of the molecule is Cc1cnc(NC2CCC(NC(=O)CBr)CC2)nc1N(C)C. The predicted octanol–water partition coefficient (Wildman–Crippen LogP) is 2.09. The maximum Gasteiger partial charge on any atom is 0.230 e. The zero-order valence-electron chi connectivity index (χ0n) is 13.4. The fraction of sp³-hybridized carbons (Fsp3) is 0.667. The molecule has 1 fully saturated rings. The van der Waals surface area contributed by atoms with Crippen LogP contribution < -0.4 is 15.5 Å². The third-order valence-electron chi connectivity index (χ3n) is 3.92. The number of amides is 1. The van der Waals surface area contributed by atoms with Gasteiger partial charge in [-0.3, -0.25) is 4.79 Å². The van der Waals surface area contributed by atoms with Crippen LogP contribution in [0.1, 0.15) is 31.2 Å². The fourth-order valence-electron chi connectivity index (χ4n) is 2.79. The van der Waals surface area contributed by atoms with Gasteiger partial charge in [-0.15, -0.1) is 0 Å². The van der Waals surface area contributed by atoms with E-state index in [-0.39, 0.29) is 5.91 Å². The summed E-state index contributed by atoms with van der Waals surface area (Å²) in [7, 11) is 3.97. The van der Waals surface area contributed by atoms with E-state index in [1.165, 1.54) is 0 Å². The lowest BCUT2D eigenvalue weighted by Gasteiger charge is -2.29. The van der Waals surface area contributed by atoms with E-state index in [1.54, 1.807) is 0 Å². The molecule has 1 aromatic heterocycles. The zero-order valence-corrected chi connectivity index (χ0v) is 15.0. The summed E-state index contributed by atoms with van der Waals surface area (Å²) < 4.78 is 0. The van der Waals surface area contributed by atoms with E-state index in [9.17, 15) is 4.79 Å². The second-order valence-corrected chi connectivity index (χ2v) is 6.55. The summed E-state index contributed by atoms with van der Waals surface area (Å²) >= 11 is 3.18. The number of halogens is 1. The van der Waals surface area contributed by atoms with Crippen molar-refractivity contribution in [1.29, 1.82) is 0 Å². The molecule has 2 rings (SSSR count). The van der Waals surface area contributed by atoms with E-state index < -0.39 is 0 Å². The Bertz CT molecular complexity index is 515. The van der Waals surface area contributed by atoms with Crippen molar-refractivity contribution >= 4 is 33.6 Å². The molecule has 1 heterocycles. The molecule has 22 heavy (non-hydrogen) atoms. The molecule has 0 radical (unpaired) electrons. The van der Waals surface area contributed by atoms with Crippen LogP contribution in [0.5, 0.6) is 0 Å². The van der Waals surface area contributed by atoms with Crippen LogP contribution >= 0.6 is 15.9 Å². The number of hydrogen-bond acceptors (Lipinski definition) is 5. The van der Waals surface area contributed by atoms with E-state index in [4.69, 9.17) is 0 Å². The summed E-state index contributed by atoms with van der Waals surface area (Å²) in [6.45, 7) is 2.01. The maximum atomic E-state index is 11.4. The van der Waals surface area contributed by atoms with Crippen LogP contribution in [0, 0.1) is 6.92 Å². The van der Waals surface area contributed by atoms with E-state index in [1.807, 2.05) is 32.1 Å². The first-order chi connectivity index (χ1) is 10.5. The lowest BCUT2D eigenvalue weighted by molar-refractivity contribution is -0.119. The first-order valence-corrected chi connectivity index (χ1v) is 8.74. The number of aryl methyl sites for hydroxylation is 1. The molecule has 122 valence electrons. The predicted molar refractivity (Wildman–Crippen MR) is 92.7 cm³/mol. The number of carbonyl (C=O) groups is 1. The second-order valence-electron chi connectivity index (χ2n) is 5.99. The molecule has 0 aromatic carbocycles. The molecule has 1 aromatic rings. The molecule has 0 unspecified atom stereocenters. The number of carbonyl (C=O) groups excluding carboxylic acids is 1. The number of alkyl halides is 1. The number of anilines is 2. The van der Waals surface area contributed by atoms with Gasteiger partial charge in [0.25, 0.3) is 0 Å². The molecule has 0 bridgehead atoms. The van der Waals surface area contributed by atoms with Gasteiger partial charge in [-0.1, -0.05) is 15.9 Å². The van der Waals surface area contributed by atoms with E-state index in [0.29, 0.717) is 23.4 Å². The minimum Gasteiger partial charge on any atom is -0.362 e. The smallest absolute Gasteiger partial charge is 0.230 e. The van der Waals surface area contributed by atoms with Gasteiger partial charge in [0, 0.05) is 37.9 Å². The van der Waals surface area contributed by atoms with Crippen LogP contribution in [0.2, 0.25) is 0 Å². The Morgan fingerprint density at radius 2 is 1.95 bits per heavy atom. The number of hydrogen-bond donors (Lipinski definition) is 2. The van der Waals surface area contributed by atoms with Crippen LogP contribution in [0.3, 0.4) is 0 Å². The molecule has 0 atom stereocenters. The lowest BCUT2D eigenvalue weighted by atomic mass is 9.91. The average molecular weight is 370 g/mol. The van der Waals surface area contributed by atoms with Gasteiger partial charge >= 0.3 is 0 Å². The van der Waals surface area contributed by atoms with Crippen molar-refractivity contribution in [2.45, 2.75) is 44.7 Å². The topological polar surface area (TPSA) is 70.1 Å². The van der Waals surface area contributed by atoms with Gasteiger partial charge in [0.2, 0.25) is 11.9 Å². The Morgan fingerprint density at radius 1 is 1.32 bits per heavy atom. The summed E-state index contributed by atoms with van der Waals surface area (Å²) in [4.78, 5) is 22.3. The average Bonchev–Trinajstić information content (AvgIpc) is 2.50. The first-order valence-electron chi connectivity index (χ1n) is 7.62. The third kappa shape index (κ3) is 4.56. The molecule has 0 saturated heterocycles. The van der Waals surface area contributed by atoms with Crippen molar-refractivity contribution in [2.24, 2.45) is 0 Å². The van der Waals surface area contributed by atoms with Gasteiger partial charge in [-0.25, -0.2) is 4.98 Å². The normalized spacial score (nSPS) is 21.3. The molecule has 1 aliphatic carbocycles. The Kier molecular flexibility index (Phi) is 5.99. The maximum absolute atomic E-state index is 11.4. The molecule has 1 amide bonds. The molecule has 6 nitrogen and oxygen atoms in total. The molecule has 2 N–H and O–H groups in total. The van der Waals surface area contributed by atoms with Crippen LogP contribution in [-0.2, 0) is 4.79 Å². The van der Waals surface area contributed by atoms with Crippen LogP contribution in [0.4, 0.5) is 11.8 Å². The molecule has 0 spiro atoms. The van der Waals surface area contributed by atoms with Crippen LogP contribution in [0.25, 0.3) is 0 Å². The summed E-state index contributed by atoms with van der Waals surface area (Å²) in [5, 5.41) is 6.82. The standard InChI is InChI=1S/C15H24BrN5O/c1-10-9-17-15(20-14(10)21(2)3)19-12-6-4-11(5-7-12)18-13(22)8-16/h9,11-12H,4-8H2,1-3H3,(H,18,22)(H,17,19,20). The third-order valence-corrected chi connectivity index (χ3v) is 4.42. The minimum absolute atomic E-state index is 0.0638. The van der Waals surface area contributed by atoms with Crippen molar-refractivity contribution in [3.05, 3.63) is 11.8 Å². The number of nitrogens with one attached hydrogen (secondary N) is 2. The van der Waals surface area contributed by atoms with E-state index in [0.717, 1.165) is 37.1 Å². The Hall–Kier alpha value is -1.37. The molecular weight excluding hydrogens is 346 g/mol. The summed E-state index contributed by atoms with van der Waals surface area (Å²) in [6.07, 6.45) is 5.86. The number of nitrogens with zero attached hydrogens (tertiary/aromatic N) is 3. The Balaban J connectivity index is 1.88. The lowest BCUT2D eigenvalue weighted by Crippen LogP contribution is -2.40. The van der Waals surface area contributed by atoms with Gasteiger partial charge in [-0.05, 0) is 32.6 Å². The van der Waals surface area contributed by atoms with Gasteiger partial charge in [0.05, 0.1) is 5.33 Å². The van der Waals surface area contributed by atoms with Crippen molar-refractivity contribution in [2.75, 3.05) is 29.6 Å². The number of rotatable bonds is 5. The van der Waals surface area contributed by atoms with Crippen LogP contribution in [-0.4, -0.2) is 47.4 Å². The Labute approximate surface area is 140 Å². The zero-order chi connectivity index (χ0) is 16.1. The van der Waals surface area contributed by atoms with Crippen LogP contribution in [0.15, 0.2) is 6.20 Å². The summed E-state index contributed by atoms with van der Waals surface area (Å²) in [5.74, 6) is 1.69. The van der Waals surface area contributed by atoms with Crippen molar-refractivity contribution in [3.8, 4) is 0 Å². The summed E-state index contributed by atoms with van der Waals surface area (Å²) in [6, 6.07) is 0.661. The highest BCUT2D eigenvalue weighted by atomic mass is 79.9. The monoisotopic (exact) mass is 369 g/mol. The first kappa shape index (κ1) is 17.0. The second kappa shape index (κ2) is 7.76. The summed E-state index contributed by atoms with van der Waals surface area (Å²) in [5.41, 5.74) is 1.07. The molecule has 7 heteroatoms. The highest BCUT2D eigenvalue weighted by Crippen LogP contribution is 2.22. The van der Waals surface area contributed by atoms with Gasteiger partial charge in [-0.2, -0.15) is 4.98 Å². The molecular formula is C15H24BrN5O. The molecule has 1 aliphatic rings. The largest absolute Gasteiger partial charge is 0.362 e. The quantitative estimate of drug-likeness (QED) is 0.777. The number of aromatic nitrogens is 2. The van der Waals surface area contributed by atoms with Crippen molar-refractivity contribution in [1.82, 2.24) is 15.3 Å². The van der Waals surface area contributed by atoms with Gasteiger partial charge in [0.15, 0.2) is 0 Å². The fourth-order valence-corrected chi connectivity index (χ4v) is 2.95. The van der Waals surface area contributed by atoms with Crippen molar-refractivity contribution < 1.29 is 4.79 Å². The highest BCUT2D eigenvalue weighted by Gasteiger charge is 2.22. The van der Waals surface area contributed by atoms with E-state index in [2.05, 4.69) is 36.5 Å². The minimum atomic E-state index is 0.0638. The highest BCUT2D eigenvalue weighted by molar-refractivity contribution is 9.09. The molecule has 1 saturated carbocycles. The van der Waals surface area contributed by atoms with Crippen molar-refractivity contribution in [3.63, 3.8) is 0 Å². The Morgan fingerprint density at radius 3 is 2.55 bits per heavy atom. The van der Waals surface area contributed by atoms with Gasteiger partial charge < -0.3 is 15.5 Å². The molecule has 0 aliphatic heterocycles.